The van der Waals surface area contributed by atoms with Crippen molar-refractivity contribution in [2.45, 2.75) is 38.1 Å². The molecule has 0 radical (unpaired) electrons. The van der Waals surface area contributed by atoms with Crippen LogP contribution in [0.15, 0.2) is 54.6 Å². The number of esters is 1. The molecule has 2 aromatic rings. The summed E-state index contributed by atoms with van der Waals surface area (Å²) in [5, 5.41) is 0. The lowest BCUT2D eigenvalue weighted by molar-refractivity contribution is -0.141. The second-order valence-electron chi connectivity index (χ2n) is 9.82. The van der Waals surface area contributed by atoms with Crippen LogP contribution in [0.1, 0.15) is 31.2 Å². The van der Waals surface area contributed by atoms with Gasteiger partial charge in [0.1, 0.15) is 5.75 Å². The van der Waals surface area contributed by atoms with E-state index in [1.807, 2.05) is 12.1 Å². The van der Waals surface area contributed by atoms with Gasteiger partial charge in [-0.3, -0.25) is 9.69 Å². The molecular weight excluding hydrogens is 438 g/mol. The van der Waals surface area contributed by atoms with Gasteiger partial charge in [0.05, 0.1) is 19.9 Å². The summed E-state index contributed by atoms with van der Waals surface area (Å²) in [5.41, 5.74) is 2.60. The Balaban J connectivity index is 1.33. The van der Waals surface area contributed by atoms with Crippen LogP contribution < -0.4 is 9.64 Å². The van der Waals surface area contributed by atoms with E-state index in [1.165, 1.54) is 31.2 Å². The van der Waals surface area contributed by atoms with Gasteiger partial charge >= 0.3 is 5.97 Å². The molecule has 2 aromatic carbocycles. The zero-order chi connectivity index (χ0) is 24.5. The molecule has 6 nitrogen and oxygen atoms in total. The molecule has 0 saturated carbocycles. The normalized spacial score (nSPS) is 21.6. The lowest BCUT2D eigenvalue weighted by atomic mass is 9.86. The maximum absolute atomic E-state index is 11.9. The van der Waals surface area contributed by atoms with Crippen molar-refractivity contribution in [1.82, 2.24) is 9.80 Å². The van der Waals surface area contributed by atoms with E-state index in [2.05, 4.69) is 57.2 Å². The summed E-state index contributed by atoms with van der Waals surface area (Å²) in [5.74, 6) is 1.35. The summed E-state index contributed by atoms with van der Waals surface area (Å²) in [6.45, 7) is 7.43. The van der Waals surface area contributed by atoms with Gasteiger partial charge in [0.15, 0.2) is 0 Å². The number of anilines is 1. The van der Waals surface area contributed by atoms with Gasteiger partial charge in [0.2, 0.25) is 0 Å². The highest BCUT2D eigenvalue weighted by atomic mass is 16.5. The summed E-state index contributed by atoms with van der Waals surface area (Å²) in [7, 11) is 3.24. The molecule has 0 bridgehead atoms. The van der Waals surface area contributed by atoms with E-state index in [0.717, 1.165) is 64.4 Å². The number of methoxy groups -OCH3 is 2. The Morgan fingerprint density at radius 3 is 2.43 bits per heavy atom. The van der Waals surface area contributed by atoms with Crippen LogP contribution in [-0.4, -0.2) is 81.8 Å². The first-order valence-corrected chi connectivity index (χ1v) is 13.1. The monoisotopic (exact) mass is 479 g/mol. The van der Waals surface area contributed by atoms with Gasteiger partial charge in [-0.15, -0.1) is 0 Å². The molecule has 2 aliphatic rings. The average Bonchev–Trinajstić information content (AvgIpc) is 2.92. The standard InChI is InChI=1S/C29H41N3O3/c1-34-28-13-7-6-12-27(28)32-21-19-31(20-22-32)26-16-18-30(23-25(26)14-15-29(33)35-2)17-8-11-24-9-4-3-5-10-24/h3-7,9-10,12-13,25-26H,8,11,14-23H2,1-2H3/t25-,26+/m0/s1. The fourth-order valence-corrected chi connectivity index (χ4v) is 5.80. The number of likely N-dealkylation sites (tertiary alicyclic amines) is 1. The third-order valence-electron chi connectivity index (χ3n) is 7.72. The number of hydrogen-bond acceptors (Lipinski definition) is 6. The van der Waals surface area contributed by atoms with Crippen LogP contribution in [0.3, 0.4) is 0 Å². The van der Waals surface area contributed by atoms with Crippen molar-refractivity contribution in [1.29, 1.82) is 0 Å². The molecule has 190 valence electrons. The molecule has 2 heterocycles. The molecular formula is C29H41N3O3. The smallest absolute Gasteiger partial charge is 0.305 e. The van der Waals surface area contributed by atoms with Crippen LogP contribution in [0.2, 0.25) is 0 Å². The number of aryl methyl sites for hydroxylation is 1. The van der Waals surface area contributed by atoms with Gasteiger partial charge in [-0.25, -0.2) is 0 Å². The van der Waals surface area contributed by atoms with Crippen LogP contribution in [-0.2, 0) is 16.0 Å². The molecule has 2 aliphatic heterocycles. The molecule has 0 N–H and O–H groups in total. The van der Waals surface area contributed by atoms with E-state index in [-0.39, 0.29) is 5.97 Å². The van der Waals surface area contributed by atoms with Crippen molar-refractivity contribution >= 4 is 11.7 Å². The van der Waals surface area contributed by atoms with Crippen molar-refractivity contribution in [2.75, 3.05) is 64.9 Å². The number of hydrogen-bond donors (Lipinski definition) is 0. The number of benzene rings is 2. The molecule has 6 heteroatoms. The Morgan fingerprint density at radius 1 is 0.943 bits per heavy atom. The number of para-hydroxylation sites is 2. The average molecular weight is 480 g/mol. The number of carbonyl (C=O) groups excluding carboxylic acids is 1. The van der Waals surface area contributed by atoms with E-state index < -0.39 is 0 Å². The summed E-state index contributed by atoms with van der Waals surface area (Å²) >= 11 is 0. The van der Waals surface area contributed by atoms with Crippen LogP contribution in [0.5, 0.6) is 5.75 Å². The molecule has 2 fully saturated rings. The number of nitrogens with zero attached hydrogens (tertiary/aromatic N) is 3. The Labute approximate surface area is 210 Å². The van der Waals surface area contributed by atoms with E-state index in [9.17, 15) is 4.79 Å². The van der Waals surface area contributed by atoms with Gasteiger partial charge in [0, 0.05) is 45.2 Å². The van der Waals surface area contributed by atoms with Crippen LogP contribution >= 0.6 is 0 Å². The summed E-state index contributed by atoms with van der Waals surface area (Å²) in [4.78, 5) is 19.7. The third kappa shape index (κ3) is 6.98. The minimum Gasteiger partial charge on any atom is -0.495 e. The number of piperazine rings is 1. The van der Waals surface area contributed by atoms with Crippen LogP contribution in [0.4, 0.5) is 5.69 Å². The summed E-state index contributed by atoms with van der Waals surface area (Å²) in [6.07, 6.45) is 4.89. The number of rotatable bonds is 10. The first kappa shape index (κ1) is 25.5. The van der Waals surface area contributed by atoms with E-state index in [1.54, 1.807) is 7.11 Å². The van der Waals surface area contributed by atoms with Crippen molar-refractivity contribution < 1.29 is 14.3 Å². The molecule has 2 saturated heterocycles. The Kier molecular flexibility index (Phi) is 9.43. The highest BCUT2D eigenvalue weighted by molar-refractivity contribution is 5.69. The molecule has 0 aliphatic carbocycles. The van der Waals surface area contributed by atoms with Crippen molar-refractivity contribution in [3.63, 3.8) is 0 Å². The molecule has 0 unspecified atom stereocenters. The lowest BCUT2D eigenvalue weighted by Crippen LogP contribution is -2.57. The second kappa shape index (κ2) is 12.9. The lowest BCUT2D eigenvalue weighted by Gasteiger charge is -2.47. The van der Waals surface area contributed by atoms with Gasteiger partial charge < -0.3 is 19.3 Å². The topological polar surface area (TPSA) is 45.2 Å². The van der Waals surface area contributed by atoms with Gasteiger partial charge in [0.25, 0.3) is 0 Å². The molecule has 0 amide bonds. The Hall–Kier alpha value is -2.57. The highest BCUT2D eigenvalue weighted by Crippen LogP contribution is 2.31. The second-order valence-corrected chi connectivity index (χ2v) is 9.82. The Morgan fingerprint density at radius 2 is 1.69 bits per heavy atom. The number of piperidine rings is 1. The zero-order valence-corrected chi connectivity index (χ0v) is 21.4. The van der Waals surface area contributed by atoms with Crippen LogP contribution in [0.25, 0.3) is 0 Å². The highest BCUT2D eigenvalue weighted by Gasteiger charge is 2.35. The first-order chi connectivity index (χ1) is 17.2. The van der Waals surface area contributed by atoms with Gasteiger partial charge in [-0.1, -0.05) is 42.5 Å². The number of carbonyl (C=O) groups is 1. The maximum atomic E-state index is 11.9. The molecule has 2 atom stereocenters. The van der Waals surface area contributed by atoms with Crippen molar-refractivity contribution in [3.05, 3.63) is 60.2 Å². The molecule has 0 spiro atoms. The first-order valence-electron chi connectivity index (χ1n) is 13.1. The maximum Gasteiger partial charge on any atom is 0.305 e. The van der Waals surface area contributed by atoms with Crippen LogP contribution in [0, 0.1) is 5.92 Å². The predicted octanol–water partition coefficient (Wildman–Crippen LogP) is 4.09. The Bertz CT molecular complexity index is 914. The summed E-state index contributed by atoms with van der Waals surface area (Å²) < 4.78 is 10.6. The van der Waals surface area contributed by atoms with E-state index in [4.69, 9.17) is 9.47 Å². The van der Waals surface area contributed by atoms with Gasteiger partial charge in [-0.05, 0) is 62.4 Å². The predicted molar refractivity (Wildman–Crippen MR) is 141 cm³/mol. The van der Waals surface area contributed by atoms with Crippen molar-refractivity contribution in [2.24, 2.45) is 5.92 Å². The fourth-order valence-electron chi connectivity index (χ4n) is 5.80. The van der Waals surface area contributed by atoms with E-state index in [0.29, 0.717) is 18.4 Å². The molecule has 0 aromatic heterocycles. The molecule has 35 heavy (non-hydrogen) atoms. The quantitative estimate of drug-likeness (QED) is 0.478. The van der Waals surface area contributed by atoms with E-state index >= 15 is 0 Å². The van der Waals surface area contributed by atoms with Crippen molar-refractivity contribution in [3.8, 4) is 5.75 Å². The molecule has 4 rings (SSSR count). The SMILES string of the molecule is COC(=O)CC[C@H]1CN(CCCc2ccccc2)CC[C@H]1N1CCN(c2ccccc2OC)CC1. The number of ether oxygens (including phenoxy) is 2. The van der Waals surface area contributed by atoms with Gasteiger partial charge in [-0.2, -0.15) is 0 Å². The summed E-state index contributed by atoms with van der Waals surface area (Å²) in [6, 6.07) is 19.6. The minimum atomic E-state index is -0.0917. The zero-order valence-electron chi connectivity index (χ0n) is 21.4. The minimum absolute atomic E-state index is 0.0917. The fraction of sp³-hybridized carbons (Fsp3) is 0.552. The third-order valence-corrected chi connectivity index (χ3v) is 7.72. The largest absolute Gasteiger partial charge is 0.495 e.